The lowest BCUT2D eigenvalue weighted by Gasteiger charge is -2.13. The van der Waals surface area contributed by atoms with E-state index in [0.29, 0.717) is 0 Å². The number of hydrogen-bond acceptors (Lipinski definition) is 3. The third-order valence-electron chi connectivity index (χ3n) is 2.63. The number of carbonyl (C=O) groups excluding carboxylic acids is 1. The fraction of sp³-hybridized carbons (Fsp3) is 0.143. The van der Waals surface area contributed by atoms with Gasteiger partial charge in [0.25, 0.3) is 5.91 Å². The van der Waals surface area contributed by atoms with Crippen LogP contribution in [0.5, 0.6) is 0 Å². The molecule has 0 bridgehead atoms. The van der Waals surface area contributed by atoms with Crippen LogP contribution in [0.2, 0.25) is 0 Å². The molecule has 0 spiro atoms. The first-order valence-electron chi connectivity index (χ1n) is 5.78. The van der Waals surface area contributed by atoms with E-state index in [4.69, 9.17) is 9.52 Å². The molecule has 0 aliphatic heterocycles. The molecule has 0 unspecified atom stereocenters. The smallest absolute Gasteiger partial charge is 0.326 e. The average molecular weight is 259 g/mol. The Labute approximate surface area is 109 Å². The molecule has 1 aromatic heterocycles. The normalized spacial score (nSPS) is 11.8. The van der Waals surface area contributed by atoms with Crippen LogP contribution in [0.4, 0.5) is 0 Å². The second kappa shape index (κ2) is 5.86. The third-order valence-corrected chi connectivity index (χ3v) is 2.63. The third kappa shape index (κ3) is 3.45. The van der Waals surface area contributed by atoms with E-state index in [0.717, 1.165) is 5.56 Å². The number of carboxylic acids is 1. The second-order valence-corrected chi connectivity index (χ2v) is 4.03. The van der Waals surface area contributed by atoms with Crippen LogP contribution in [0.25, 0.3) is 0 Å². The van der Waals surface area contributed by atoms with Crippen LogP contribution in [-0.2, 0) is 11.2 Å². The van der Waals surface area contributed by atoms with E-state index in [-0.39, 0.29) is 12.2 Å². The molecule has 0 saturated carbocycles. The van der Waals surface area contributed by atoms with Crippen molar-refractivity contribution < 1.29 is 19.1 Å². The van der Waals surface area contributed by atoms with Gasteiger partial charge in [-0.2, -0.15) is 0 Å². The summed E-state index contributed by atoms with van der Waals surface area (Å²) in [6.45, 7) is 0. The number of benzene rings is 1. The molecule has 0 radical (unpaired) electrons. The van der Waals surface area contributed by atoms with E-state index in [2.05, 4.69) is 5.32 Å². The molecule has 98 valence electrons. The molecule has 5 heteroatoms. The molecule has 1 atom stereocenters. The van der Waals surface area contributed by atoms with Crippen LogP contribution in [-0.4, -0.2) is 23.0 Å². The topological polar surface area (TPSA) is 79.5 Å². The van der Waals surface area contributed by atoms with Gasteiger partial charge in [0.15, 0.2) is 5.76 Å². The van der Waals surface area contributed by atoms with Gasteiger partial charge in [0, 0.05) is 6.42 Å². The minimum absolute atomic E-state index is 0.0966. The van der Waals surface area contributed by atoms with E-state index in [1.54, 1.807) is 6.07 Å². The van der Waals surface area contributed by atoms with Crippen LogP contribution >= 0.6 is 0 Å². The van der Waals surface area contributed by atoms with Crippen molar-refractivity contribution >= 4 is 11.9 Å². The van der Waals surface area contributed by atoms with Crippen LogP contribution < -0.4 is 5.32 Å². The second-order valence-electron chi connectivity index (χ2n) is 4.03. The van der Waals surface area contributed by atoms with Gasteiger partial charge >= 0.3 is 5.97 Å². The zero-order valence-corrected chi connectivity index (χ0v) is 10.1. The fourth-order valence-corrected chi connectivity index (χ4v) is 1.69. The average Bonchev–Trinajstić information content (AvgIpc) is 2.93. The molecular weight excluding hydrogens is 246 g/mol. The molecule has 1 aromatic carbocycles. The van der Waals surface area contributed by atoms with Crippen molar-refractivity contribution in [3.8, 4) is 0 Å². The predicted molar refractivity (Wildman–Crippen MR) is 67.7 cm³/mol. The highest BCUT2D eigenvalue weighted by Gasteiger charge is 2.22. The highest BCUT2D eigenvalue weighted by Crippen LogP contribution is 2.05. The zero-order chi connectivity index (χ0) is 13.7. The Kier molecular flexibility index (Phi) is 3.97. The Morgan fingerprint density at radius 2 is 1.89 bits per heavy atom. The first kappa shape index (κ1) is 12.9. The van der Waals surface area contributed by atoms with Gasteiger partial charge in [-0.05, 0) is 17.7 Å². The first-order valence-corrected chi connectivity index (χ1v) is 5.78. The maximum absolute atomic E-state index is 11.7. The van der Waals surface area contributed by atoms with Crippen molar-refractivity contribution in [2.45, 2.75) is 12.5 Å². The number of amides is 1. The highest BCUT2D eigenvalue weighted by atomic mass is 16.4. The monoisotopic (exact) mass is 259 g/mol. The summed E-state index contributed by atoms with van der Waals surface area (Å²) in [7, 11) is 0. The Morgan fingerprint density at radius 3 is 2.47 bits per heavy atom. The zero-order valence-electron chi connectivity index (χ0n) is 10.1. The molecule has 2 N–H and O–H groups in total. The minimum atomic E-state index is -1.08. The van der Waals surface area contributed by atoms with E-state index in [9.17, 15) is 9.59 Å². The number of carbonyl (C=O) groups is 2. The predicted octanol–water partition coefficient (Wildman–Crippen LogP) is 1.71. The van der Waals surface area contributed by atoms with Crippen LogP contribution in [0.15, 0.2) is 53.1 Å². The van der Waals surface area contributed by atoms with Crippen molar-refractivity contribution in [1.29, 1.82) is 0 Å². The van der Waals surface area contributed by atoms with E-state index >= 15 is 0 Å². The number of carboxylic acid groups (broad SMARTS) is 1. The summed E-state index contributed by atoms with van der Waals surface area (Å²) < 4.78 is 4.92. The van der Waals surface area contributed by atoms with Crippen LogP contribution in [0.1, 0.15) is 16.1 Å². The van der Waals surface area contributed by atoms with Crippen molar-refractivity contribution in [3.63, 3.8) is 0 Å². The van der Waals surface area contributed by atoms with Gasteiger partial charge in [-0.3, -0.25) is 4.79 Å². The molecule has 0 aliphatic carbocycles. The number of rotatable bonds is 5. The summed E-state index contributed by atoms with van der Waals surface area (Å²) in [5, 5.41) is 11.6. The lowest BCUT2D eigenvalue weighted by atomic mass is 10.1. The summed E-state index contributed by atoms with van der Waals surface area (Å²) in [5.74, 6) is -1.52. The van der Waals surface area contributed by atoms with Crippen molar-refractivity contribution in [2.75, 3.05) is 0 Å². The fourth-order valence-electron chi connectivity index (χ4n) is 1.69. The molecule has 2 rings (SSSR count). The lowest BCUT2D eigenvalue weighted by Crippen LogP contribution is -2.42. The van der Waals surface area contributed by atoms with Gasteiger partial charge < -0.3 is 14.8 Å². The molecular formula is C14H13NO4. The molecule has 0 aliphatic rings. The number of nitrogens with one attached hydrogen (secondary N) is 1. The van der Waals surface area contributed by atoms with Gasteiger partial charge in [0.05, 0.1) is 6.26 Å². The molecule has 2 aromatic rings. The number of furan rings is 1. The summed E-state index contributed by atoms with van der Waals surface area (Å²) in [5.41, 5.74) is 0.842. The van der Waals surface area contributed by atoms with Crippen molar-refractivity contribution in [2.24, 2.45) is 0 Å². The minimum Gasteiger partial charge on any atom is -0.480 e. The Bertz CT molecular complexity index is 548. The lowest BCUT2D eigenvalue weighted by molar-refractivity contribution is -0.139. The summed E-state index contributed by atoms with van der Waals surface area (Å²) >= 11 is 0. The van der Waals surface area contributed by atoms with Crippen LogP contribution in [0, 0.1) is 0 Å². The Morgan fingerprint density at radius 1 is 1.16 bits per heavy atom. The summed E-state index contributed by atoms with van der Waals surface area (Å²) in [6.07, 6.45) is 1.59. The van der Waals surface area contributed by atoms with Gasteiger partial charge in [-0.25, -0.2) is 4.79 Å². The SMILES string of the molecule is O=C(N[C@@H](Cc1ccccc1)C(=O)O)c1ccco1. The van der Waals surface area contributed by atoms with Gasteiger partial charge in [0.1, 0.15) is 6.04 Å². The summed E-state index contributed by atoms with van der Waals surface area (Å²) in [6, 6.07) is 11.2. The van der Waals surface area contributed by atoms with Crippen molar-refractivity contribution in [1.82, 2.24) is 5.32 Å². The van der Waals surface area contributed by atoms with E-state index in [1.165, 1.54) is 12.3 Å². The largest absolute Gasteiger partial charge is 0.480 e. The van der Waals surface area contributed by atoms with Gasteiger partial charge in [-0.1, -0.05) is 30.3 Å². The maximum Gasteiger partial charge on any atom is 0.326 e. The molecule has 0 saturated heterocycles. The number of aliphatic carboxylic acids is 1. The Hall–Kier alpha value is -2.56. The first-order chi connectivity index (χ1) is 9.16. The standard InChI is InChI=1S/C14H13NO4/c16-13(12-7-4-8-19-12)15-11(14(17)18)9-10-5-2-1-3-6-10/h1-8,11H,9H2,(H,15,16)(H,17,18)/t11-/m0/s1. The van der Waals surface area contributed by atoms with Gasteiger partial charge in [-0.15, -0.1) is 0 Å². The van der Waals surface area contributed by atoms with E-state index in [1.807, 2.05) is 30.3 Å². The van der Waals surface area contributed by atoms with Crippen LogP contribution in [0.3, 0.4) is 0 Å². The summed E-state index contributed by atoms with van der Waals surface area (Å²) in [4.78, 5) is 22.9. The molecule has 5 nitrogen and oxygen atoms in total. The Balaban J connectivity index is 2.05. The maximum atomic E-state index is 11.7. The van der Waals surface area contributed by atoms with Gasteiger partial charge in [0.2, 0.25) is 0 Å². The van der Waals surface area contributed by atoms with E-state index < -0.39 is 17.9 Å². The molecule has 1 heterocycles. The molecule has 0 fully saturated rings. The molecule has 1 amide bonds. The van der Waals surface area contributed by atoms with Crippen molar-refractivity contribution in [3.05, 3.63) is 60.1 Å². The quantitative estimate of drug-likeness (QED) is 0.856. The molecule has 19 heavy (non-hydrogen) atoms. The number of hydrogen-bond donors (Lipinski definition) is 2. The highest BCUT2D eigenvalue weighted by molar-refractivity contribution is 5.94.